The summed E-state index contributed by atoms with van der Waals surface area (Å²) < 4.78 is 0. The average molecular weight is 207 g/mol. The molecule has 14 heavy (non-hydrogen) atoms. The van der Waals surface area contributed by atoms with E-state index in [2.05, 4.69) is 35.7 Å². The third-order valence-corrected chi connectivity index (χ3v) is 2.54. The number of hydrogen-bond acceptors (Lipinski definition) is 4. The van der Waals surface area contributed by atoms with Crippen LogP contribution in [0.15, 0.2) is 11.7 Å². The van der Waals surface area contributed by atoms with Gasteiger partial charge in [-0.15, -0.1) is 11.3 Å². The Morgan fingerprint density at radius 2 is 2.07 bits per heavy atom. The lowest BCUT2D eigenvalue weighted by molar-refractivity contribution is 0.406. The Bertz CT molecular complexity index is 442. The molecule has 0 aliphatic rings. The molecule has 0 unspecified atom stereocenters. The molecule has 3 nitrogen and oxygen atoms in total. The lowest BCUT2D eigenvalue weighted by Gasteiger charge is -2.16. The fourth-order valence-electron chi connectivity index (χ4n) is 1.33. The molecule has 0 spiro atoms. The summed E-state index contributed by atoms with van der Waals surface area (Å²) in [5.41, 5.74) is 3.83. The summed E-state index contributed by atoms with van der Waals surface area (Å²) in [6.07, 6.45) is 2.79. The van der Waals surface area contributed by atoms with Crippen molar-refractivity contribution in [2.24, 2.45) is 5.41 Å². The molecule has 74 valence electrons. The first kappa shape index (κ1) is 9.52. The van der Waals surface area contributed by atoms with Crippen LogP contribution in [-0.2, 0) is 6.42 Å². The van der Waals surface area contributed by atoms with Gasteiger partial charge in [0.1, 0.15) is 0 Å². The van der Waals surface area contributed by atoms with Gasteiger partial charge in [0.25, 0.3) is 0 Å². The van der Waals surface area contributed by atoms with Gasteiger partial charge in [-0.25, -0.2) is 15.0 Å². The molecule has 0 atom stereocenters. The quantitative estimate of drug-likeness (QED) is 0.721. The highest BCUT2D eigenvalue weighted by atomic mass is 32.1. The van der Waals surface area contributed by atoms with Gasteiger partial charge in [-0.2, -0.15) is 0 Å². The van der Waals surface area contributed by atoms with E-state index in [1.54, 1.807) is 5.51 Å². The summed E-state index contributed by atoms with van der Waals surface area (Å²) in [6, 6.07) is 0. The first-order valence-corrected chi connectivity index (χ1v) is 5.48. The van der Waals surface area contributed by atoms with E-state index < -0.39 is 0 Å². The van der Waals surface area contributed by atoms with Crippen molar-refractivity contribution in [2.45, 2.75) is 27.2 Å². The zero-order valence-electron chi connectivity index (χ0n) is 8.61. The van der Waals surface area contributed by atoms with Crippen LogP contribution in [0.2, 0.25) is 0 Å². The highest BCUT2D eigenvalue weighted by Gasteiger charge is 2.13. The first-order valence-electron chi connectivity index (χ1n) is 4.60. The van der Waals surface area contributed by atoms with E-state index in [-0.39, 0.29) is 5.41 Å². The average Bonchev–Trinajstić information content (AvgIpc) is 2.47. The molecular formula is C10H13N3S. The summed E-state index contributed by atoms with van der Waals surface area (Å²) in [4.78, 5) is 13.8. The molecule has 0 aromatic carbocycles. The predicted octanol–water partition coefficient (Wildman–Crippen LogP) is 2.67. The van der Waals surface area contributed by atoms with Crippen molar-refractivity contribution in [3.63, 3.8) is 0 Å². The minimum atomic E-state index is 0.248. The molecular weight excluding hydrogens is 194 g/mol. The van der Waals surface area contributed by atoms with E-state index in [4.69, 9.17) is 0 Å². The van der Waals surface area contributed by atoms with Gasteiger partial charge in [0, 0.05) is 0 Å². The van der Waals surface area contributed by atoms with Crippen LogP contribution in [0.25, 0.3) is 10.5 Å². The number of aromatic nitrogens is 3. The minimum Gasteiger partial charge on any atom is -0.240 e. The second-order valence-electron chi connectivity index (χ2n) is 4.58. The molecule has 0 fully saturated rings. The predicted molar refractivity (Wildman–Crippen MR) is 58.4 cm³/mol. The van der Waals surface area contributed by atoms with Crippen LogP contribution in [0.3, 0.4) is 0 Å². The third kappa shape index (κ3) is 2.07. The van der Waals surface area contributed by atoms with Crippen molar-refractivity contribution in [2.75, 3.05) is 0 Å². The maximum atomic E-state index is 4.46. The summed E-state index contributed by atoms with van der Waals surface area (Å²) in [5.74, 6) is 0. The molecule has 0 amide bonds. The summed E-state index contributed by atoms with van der Waals surface area (Å²) >= 11 is 1.53. The Labute approximate surface area is 87.2 Å². The van der Waals surface area contributed by atoms with E-state index >= 15 is 0 Å². The number of fused-ring (bicyclic) bond motifs is 1. The van der Waals surface area contributed by atoms with Crippen molar-refractivity contribution in [3.05, 3.63) is 17.4 Å². The topological polar surface area (TPSA) is 38.7 Å². The Kier molecular flexibility index (Phi) is 2.23. The summed E-state index contributed by atoms with van der Waals surface area (Å²) in [5, 5.41) is 0. The van der Waals surface area contributed by atoms with Gasteiger partial charge in [-0.3, -0.25) is 0 Å². The molecule has 0 aliphatic carbocycles. The zero-order valence-corrected chi connectivity index (χ0v) is 9.43. The van der Waals surface area contributed by atoms with Crippen molar-refractivity contribution in [3.8, 4) is 0 Å². The van der Waals surface area contributed by atoms with Gasteiger partial charge in [-0.05, 0) is 11.8 Å². The van der Waals surface area contributed by atoms with Crippen LogP contribution in [-0.4, -0.2) is 15.0 Å². The number of nitrogens with zero attached hydrogens (tertiary/aromatic N) is 3. The molecule has 0 saturated carbocycles. The Morgan fingerprint density at radius 1 is 1.29 bits per heavy atom. The number of rotatable bonds is 1. The maximum absolute atomic E-state index is 4.46. The minimum absolute atomic E-state index is 0.248. The first-order chi connectivity index (χ1) is 6.54. The molecule has 2 heterocycles. The number of hydrogen-bond donors (Lipinski definition) is 0. The van der Waals surface area contributed by atoms with Crippen LogP contribution in [0, 0.1) is 5.41 Å². The van der Waals surface area contributed by atoms with E-state index in [0.29, 0.717) is 0 Å². The highest BCUT2D eigenvalue weighted by molar-refractivity contribution is 7.16. The smallest absolute Gasteiger partial charge is 0.189 e. The van der Waals surface area contributed by atoms with Crippen LogP contribution >= 0.6 is 11.3 Å². The molecule has 0 saturated heterocycles. The highest BCUT2D eigenvalue weighted by Crippen LogP contribution is 2.20. The Hall–Kier alpha value is -1.03. The number of thiazole rings is 1. The van der Waals surface area contributed by atoms with Gasteiger partial charge in [0.2, 0.25) is 0 Å². The fraction of sp³-hybridized carbons (Fsp3) is 0.500. The van der Waals surface area contributed by atoms with E-state index in [9.17, 15) is 0 Å². The van der Waals surface area contributed by atoms with E-state index in [0.717, 1.165) is 22.6 Å². The standard InChI is InChI=1S/C10H13N3S/c1-10(2,3)4-7-5-11-9-8(13-7)12-6-14-9/h5-6H,4H2,1-3H3. The molecule has 0 N–H and O–H groups in total. The molecule has 0 radical (unpaired) electrons. The normalized spacial score (nSPS) is 12.2. The van der Waals surface area contributed by atoms with Crippen molar-refractivity contribution < 1.29 is 0 Å². The lowest BCUT2D eigenvalue weighted by atomic mass is 9.91. The fourth-order valence-corrected chi connectivity index (χ4v) is 1.90. The molecule has 2 aromatic rings. The van der Waals surface area contributed by atoms with Crippen molar-refractivity contribution >= 4 is 21.8 Å². The molecule has 4 heteroatoms. The van der Waals surface area contributed by atoms with E-state index in [1.165, 1.54) is 11.3 Å². The lowest BCUT2D eigenvalue weighted by Crippen LogP contribution is -2.10. The summed E-state index contributed by atoms with van der Waals surface area (Å²) in [7, 11) is 0. The van der Waals surface area contributed by atoms with Crippen LogP contribution in [0.1, 0.15) is 26.5 Å². The zero-order chi connectivity index (χ0) is 10.2. The Balaban J connectivity index is 2.35. The molecule has 2 rings (SSSR count). The van der Waals surface area contributed by atoms with Gasteiger partial charge in [0.05, 0.1) is 17.4 Å². The van der Waals surface area contributed by atoms with Crippen LogP contribution in [0.5, 0.6) is 0 Å². The van der Waals surface area contributed by atoms with Crippen LogP contribution < -0.4 is 0 Å². The maximum Gasteiger partial charge on any atom is 0.189 e. The van der Waals surface area contributed by atoms with Crippen LogP contribution in [0.4, 0.5) is 0 Å². The largest absolute Gasteiger partial charge is 0.240 e. The summed E-state index contributed by atoms with van der Waals surface area (Å²) in [6.45, 7) is 6.58. The van der Waals surface area contributed by atoms with Gasteiger partial charge in [0.15, 0.2) is 10.5 Å². The van der Waals surface area contributed by atoms with Gasteiger partial charge < -0.3 is 0 Å². The van der Waals surface area contributed by atoms with Gasteiger partial charge >= 0.3 is 0 Å². The Morgan fingerprint density at radius 3 is 2.79 bits per heavy atom. The monoisotopic (exact) mass is 207 g/mol. The molecule has 2 aromatic heterocycles. The molecule has 0 aliphatic heterocycles. The van der Waals surface area contributed by atoms with Crippen molar-refractivity contribution in [1.29, 1.82) is 0 Å². The van der Waals surface area contributed by atoms with Crippen molar-refractivity contribution in [1.82, 2.24) is 15.0 Å². The van der Waals surface area contributed by atoms with Gasteiger partial charge in [-0.1, -0.05) is 20.8 Å². The molecule has 0 bridgehead atoms. The third-order valence-electron chi connectivity index (χ3n) is 1.82. The second kappa shape index (κ2) is 3.28. The SMILES string of the molecule is CC(C)(C)Cc1cnc2scnc2n1. The van der Waals surface area contributed by atoms with E-state index in [1.807, 2.05) is 6.20 Å². The second-order valence-corrected chi connectivity index (χ2v) is 5.41.